The molecule has 4 heterocycles. The van der Waals surface area contributed by atoms with Gasteiger partial charge in [-0.15, -0.1) is 0 Å². The van der Waals surface area contributed by atoms with E-state index in [0.717, 1.165) is 9.87 Å². The number of carbonyl (C=O) groups is 2. The summed E-state index contributed by atoms with van der Waals surface area (Å²) in [6.45, 7) is 10.7. The Morgan fingerprint density at radius 1 is 1.02 bits per heavy atom. The predicted octanol–water partition coefficient (Wildman–Crippen LogP) is 3.99. The van der Waals surface area contributed by atoms with Gasteiger partial charge in [0.05, 0.1) is 28.8 Å². The van der Waals surface area contributed by atoms with E-state index in [1.165, 1.54) is 6.20 Å². The van der Waals surface area contributed by atoms with E-state index in [1.807, 2.05) is 24.0 Å². The molecule has 1 aliphatic heterocycles. The summed E-state index contributed by atoms with van der Waals surface area (Å²) in [5.41, 5.74) is 1.65. The van der Waals surface area contributed by atoms with Crippen LogP contribution in [0.1, 0.15) is 46.1 Å². The van der Waals surface area contributed by atoms with Crippen LogP contribution in [0.15, 0.2) is 41.7 Å². The Morgan fingerprint density at radius 2 is 1.69 bits per heavy atom. The summed E-state index contributed by atoms with van der Waals surface area (Å²) in [5, 5.41) is 0. The third-order valence-electron chi connectivity index (χ3n) is 7.57. The van der Waals surface area contributed by atoms with Gasteiger partial charge in [-0.05, 0) is 65.2 Å². The zero-order chi connectivity index (χ0) is 30.6. The second-order valence-electron chi connectivity index (χ2n) is 12.5. The van der Waals surface area contributed by atoms with Gasteiger partial charge < -0.3 is 19.4 Å². The molecule has 2 aliphatic rings. The minimum Gasteiger partial charge on any atom is -0.443 e. The maximum atomic E-state index is 14.4. The van der Waals surface area contributed by atoms with E-state index in [0.29, 0.717) is 61.7 Å². The maximum Gasteiger partial charge on any atom is 0.424 e. The number of aryl methyl sites for hydroxylation is 1. The van der Waals surface area contributed by atoms with E-state index in [4.69, 9.17) is 4.74 Å². The van der Waals surface area contributed by atoms with Crippen LogP contribution in [0.25, 0.3) is 17.0 Å². The van der Waals surface area contributed by atoms with E-state index >= 15 is 0 Å². The van der Waals surface area contributed by atoms with Gasteiger partial charge in [0.1, 0.15) is 10.5 Å². The molecular formula is C29H39N7O5S. The lowest BCUT2D eigenvalue weighted by molar-refractivity contribution is 0.0331. The SMILES string of the molecule is Cc1ccc(-c2cnc3c(N4CCN(C(=O)N(C)C)CC4)cc(S(=O)(=O)N(C(=O)OC(C)(C)C)C4(C)CC4)cn23)nc1. The number of carbonyl (C=O) groups excluding carboxylic acids is 2. The van der Waals surface area contributed by atoms with Crippen LogP contribution in [-0.4, -0.2) is 100 Å². The molecule has 3 aromatic heterocycles. The first-order chi connectivity index (χ1) is 19.6. The van der Waals surface area contributed by atoms with Gasteiger partial charge in [0.25, 0.3) is 10.0 Å². The van der Waals surface area contributed by atoms with Crippen molar-refractivity contribution >= 4 is 33.5 Å². The number of aromatic nitrogens is 3. The number of piperazine rings is 1. The lowest BCUT2D eigenvalue weighted by Crippen LogP contribution is -2.51. The fraction of sp³-hybridized carbons (Fsp3) is 0.517. The Hall–Kier alpha value is -3.87. The van der Waals surface area contributed by atoms with Crippen molar-refractivity contribution in [3.63, 3.8) is 0 Å². The molecular weight excluding hydrogens is 558 g/mol. The second-order valence-corrected chi connectivity index (χ2v) is 14.3. The van der Waals surface area contributed by atoms with Gasteiger partial charge in [-0.1, -0.05) is 6.07 Å². The number of urea groups is 1. The molecule has 0 radical (unpaired) electrons. The van der Waals surface area contributed by atoms with E-state index in [1.54, 1.807) is 74.5 Å². The normalized spacial score (nSPS) is 16.8. The van der Waals surface area contributed by atoms with Gasteiger partial charge in [0, 0.05) is 52.7 Å². The van der Waals surface area contributed by atoms with Crippen LogP contribution in [0.5, 0.6) is 0 Å². The van der Waals surface area contributed by atoms with E-state index in [2.05, 4.69) is 9.97 Å². The van der Waals surface area contributed by atoms with Gasteiger partial charge in [-0.3, -0.25) is 9.38 Å². The number of pyridine rings is 2. The fourth-order valence-corrected chi connectivity index (χ4v) is 6.76. The molecule has 0 N–H and O–H groups in total. The van der Waals surface area contributed by atoms with Crippen molar-refractivity contribution < 1.29 is 22.7 Å². The van der Waals surface area contributed by atoms with Crippen molar-refractivity contribution in [3.05, 3.63) is 42.4 Å². The number of ether oxygens (including phenoxy) is 1. The number of sulfonamides is 1. The van der Waals surface area contributed by atoms with Gasteiger partial charge in [0.2, 0.25) is 0 Å². The average Bonchev–Trinajstić information content (AvgIpc) is 3.49. The Bertz CT molecular complexity index is 1610. The van der Waals surface area contributed by atoms with Crippen molar-refractivity contribution in [2.24, 2.45) is 0 Å². The number of imidazole rings is 1. The van der Waals surface area contributed by atoms with E-state index in [-0.39, 0.29) is 10.9 Å². The maximum absolute atomic E-state index is 14.4. The Balaban J connectivity index is 1.63. The quantitative estimate of drug-likeness (QED) is 0.433. The molecule has 1 saturated heterocycles. The molecule has 0 unspecified atom stereocenters. The third kappa shape index (κ3) is 5.61. The van der Waals surface area contributed by atoms with Gasteiger partial charge in [0.15, 0.2) is 5.65 Å². The molecule has 0 spiro atoms. The average molecular weight is 598 g/mol. The summed E-state index contributed by atoms with van der Waals surface area (Å²) in [4.78, 5) is 40.4. The van der Waals surface area contributed by atoms with Crippen LogP contribution >= 0.6 is 0 Å². The van der Waals surface area contributed by atoms with Crippen molar-refractivity contribution in [2.75, 3.05) is 45.2 Å². The fourth-order valence-electron chi connectivity index (χ4n) is 5.05. The summed E-state index contributed by atoms with van der Waals surface area (Å²) in [6.07, 6.45) is 5.12. The summed E-state index contributed by atoms with van der Waals surface area (Å²) >= 11 is 0. The first kappa shape index (κ1) is 29.6. The predicted molar refractivity (Wildman–Crippen MR) is 159 cm³/mol. The summed E-state index contributed by atoms with van der Waals surface area (Å²) in [5.74, 6) is 0. The summed E-state index contributed by atoms with van der Waals surface area (Å²) < 4.78 is 36.9. The van der Waals surface area contributed by atoms with Crippen LogP contribution in [0, 0.1) is 6.92 Å². The van der Waals surface area contributed by atoms with Crippen LogP contribution in [-0.2, 0) is 14.8 Å². The number of nitrogens with zero attached hydrogens (tertiary/aromatic N) is 7. The number of rotatable bonds is 5. The molecule has 1 aliphatic carbocycles. The molecule has 13 heteroatoms. The highest BCUT2D eigenvalue weighted by Crippen LogP contribution is 2.45. The highest BCUT2D eigenvalue weighted by molar-refractivity contribution is 7.89. The molecule has 0 bridgehead atoms. The molecule has 2 fully saturated rings. The summed E-state index contributed by atoms with van der Waals surface area (Å²) in [6, 6.07) is 5.30. The number of anilines is 1. The topological polar surface area (TPSA) is 121 Å². The molecule has 3 aromatic rings. The third-order valence-corrected chi connectivity index (χ3v) is 9.46. The second kappa shape index (κ2) is 10.4. The molecule has 1 saturated carbocycles. The van der Waals surface area contributed by atoms with Crippen molar-refractivity contribution in [2.45, 2.75) is 63.5 Å². The zero-order valence-corrected chi connectivity index (χ0v) is 26.1. The summed E-state index contributed by atoms with van der Waals surface area (Å²) in [7, 11) is -0.914. The molecule has 0 atom stereocenters. The standard InChI is InChI=1S/C29H39N7O5S/c1-20-8-9-22(30-17-20)24-18-31-25-23(33-12-14-34(15-13-33)26(37)32(6)7)16-21(19-35(24)25)42(39,40)36(29(5)10-11-29)27(38)41-28(2,3)4/h8-9,16-19H,10-15H2,1-7H3. The first-order valence-corrected chi connectivity index (χ1v) is 15.5. The highest BCUT2D eigenvalue weighted by atomic mass is 32.2. The van der Waals surface area contributed by atoms with Crippen LogP contribution < -0.4 is 4.90 Å². The van der Waals surface area contributed by atoms with Crippen LogP contribution in [0.4, 0.5) is 15.3 Å². The lowest BCUT2D eigenvalue weighted by atomic mass is 10.2. The van der Waals surface area contributed by atoms with Gasteiger partial charge in [-0.2, -0.15) is 4.31 Å². The minimum absolute atomic E-state index is 0.0536. The smallest absolute Gasteiger partial charge is 0.424 e. The van der Waals surface area contributed by atoms with Crippen molar-refractivity contribution in [3.8, 4) is 11.4 Å². The number of amides is 3. The van der Waals surface area contributed by atoms with E-state index < -0.39 is 27.3 Å². The lowest BCUT2D eigenvalue weighted by Gasteiger charge is -2.37. The zero-order valence-electron chi connectivity index (χ0n) is 25.3. The number of hydrogen-bond donors (Lipinski definition) is 0. The largest absolute Gasteiger partial charge is 0.443 e. The Labute approximate surface area is 246 Å². The monoisotopic (exact) mass is 597 g/mol. The molecule has 5 rings (SSSR count). The Morgan fingerprint density at radius 3 is 2.24 bits per heavy atom. The van der Waals surface area contributed by atoms with E-state index in [9.17, 15) is 18.0 Å². The van der Waals surface area contributed by atoms with Crippen molar-refractivity contribution in [1.29, 1.82) is 0 Å². The van der Waals surface area contributed by atoms with Gasteiger partial charge >= 0.3 is 12.1 Å². The Kier molecular flexibility index (Phi) is 7.36. The van der Waals surface area contributed by atoms with Gasteiger partial charge in [-0.25, -0.2) is 23.0 Å². The molecule has 0 aromatic carbocycles. The first-order valence-electron chi connectivity index (χ1n) is 14.0. The van der Waals surface area contributed by atoms with Crippen LogP contribution in [0.3, 0.4) is 0 Å². The van der Waals surface area contributed by atoms with Crippen LogP contribution in [0.2, 0.25) is 0 Å². The number of hydrogen-bond acceptors (Lipinski definition) is 8. The number of fused-ring (bicyclic) bond motifs is 1. The molecule has 12 nitrogen and oxygen atoms in total. The molecule has 3 amide bonds. The molecule has 42 heavy (non-hydrogen) atoms. The molecule has 226 valence electrons. The minimum atomic E-state index is -4.35. The van der Waals surface area contributed by atoms with Crippen molar-refractivity contribution in [1.82, 2.24) is 28.5 Å². The highest BCUT2D eigenvalue weighted by Gasteiger charge is 2.53.